The first kappa shape index (κ1) is 24.7. The third-order valence-corrected chi connectivity index (χ3v) is 6.75. The van der Waals surface area contributed by atoms with Crippen molar-refractivity contribution in [3.63, 3.8) is 0 Å². The molecular weight excluding hydrogens is 451 g/mol. The Bertz CT molecular complexity index is 1220. The normalized spacial score (nSPS) is 19.9. The van der Waals surface area contributed by atoms with Gasteiger partial charge in [-0.05, 0) is 66.6 Å². The van der Waals surface area contributed by atoms with Crippen LogP contribution in [0.15, 0.2) is 54.6 Å². The molecule has 1 saturated carbocycles. The fraction of sp³-hybridized carbons (Fsp3) is 0.357. The molecule has 0 spiro atoms. The third-order valence-electron chi connectivity index (χ3n) is 6.75. The molecule has 6 nitrogen and oxygen atoms in total. The van der Waals surface area contributed by atoms with Crippen LogP contribution in [0.5, 0.6) is 5.75 Å². The summed E-state index contributed by atoms with van der Waals surface area (Å²) in [6.45, 7) is 2.07. The van der Waals surface area contributed by atoms with Crippen LogP contribution in [0.1, 0.15) is 54.1 Å². The molecule has 35 heavy (non-hydrogen) atoms. The van der Waals surface area contributed by atoms with E-state index in [4.69, 9.17) is 14.2 Å². The van der Waals surface area contributed by atoms with Crippen molar-refractivity contribution in [2.45, 2.75) is 51.9 Å². The number of fused-ring (bicyclic) bond motifs is 1. The van der Waals surface area contributed by atoms with Gasteiger partial charge in [0.2, 0.25) is 0 Å². The second-order valence-corrected chi connectivity index (χ2v) is 9.27. The van der Waals surface area contributed by atoms with Gasteiger partial charge in [-0.2, -0.15) is 0 Å². The van der Waals surface area contributed by atoms with Gasteiger partial charge in [0, 0.05) is 7.11 Å². The van der Waals surface area contributed by atoms with Gasteiger partial charge >= 0.3 is 11.9 Å². The fourth-order valence-corrected chi connectivity index (χ4v) is 4.62. The van der Waals surface area contributed by atoms with E-state index in [9.17, 15) is 19.1 Å². The molecular formula is C28H29FO6. The van der Waals surface area contributed by atoms with Crippen LogP contribution < -0.4 is 4.74 Å². The molecule has 0 radical (unpaired) electrons. The molecule has 4 rings (SSSR count). The lowest BCUT2D eigenvalue weighted by atomic mass is 9.74. The van der Waals surface area contributed by atoms with Gasteiger partial charge in [0.1, 0.15) is 6.61 Å². The predicted octanol–water partition coefficient (Wildman–Crippen LogP) is 5.89. The summed E-state index contributed by atoms with van der Waals surface area (Å²) >= 11 is 0. The van der Waals surface area contributed by atoms with E-state index in [0.29, 0.717) is 25.7 Å². The maximum absolute atomic E-state index is 14.6. The number of benzene rings is 3. The van der Waals surface area contributed by atoms with E-state index >= 15 is 0 Å². The molecule has 0 heterocycles. The second-order valence-electron chi connectivity index (χ2n) is 9.27. The zero-order valence-electron chi connectivity index (χ0n) is 19.9. The number of carbonyl (C=O) groups is 2. The molecule has 0 aromatic heterocycles. The molecule has 0 bridgehead atoms. The molecule has 1 N–H and O–H groups in total. The van der Waals surface area contributed by atoms with Crippen molar-refractivity contribution in [3.8, 4) is 5.75 Å². The Morgan fingerprint density at radius 3 is 2.46 bits per heavy atom. The molecule has 7 heteroatoms. The van der Waals surface area contributed by atoms with E-state index in [-0.39, 0.29) is 42.2 Å². The number of hydrogen-bond donors (Lipinski definition) is 1. The smallest absolute Gasteiger partial charge is 0.336 e. The van der Waals surface area contributed by atoms with Crippen LogP contribution >= 0.6 is 0 Å². The molecule has 0 amide bonds. The monoisotopic (exact) mass is 480 g/mol. The Hall–Kier alpha value is -3.45. The third kappa shape index (κ3) is 5.46. The van der Waals surface area contributed by atoms with Crippen LogP contribution in [0.4, 0.5) is 4.39 Å². The Morgan fingerprint density at radius 1 is 1.03 bits per heavy atom. The number of carboxylic acids is 1. The van der Waals surface area contributed by atoms with Crippen molar-refractivity contribution in [1.29, 1.82) is 0 Å². The van der Waals surface area contributed by atoms with Gasteiger partial charge in [-0.1, -0.05) is 42.5 Å². The highest BCUT2D eigenvalue weighted by Gasteiger charge is 2.40. The number of carboxylic acid groups (broad SMARTS) is 1. The average molecular weight is 481 g/mol. The lowest BCUT2D eigenvalue weighted by Crippen LogP contribution is -2.37. The summed E-state index contributed by atoms with van der Waals surface area (Å²) in [4.78, 5) is 24.5. The van der Waals surface area contributed by atoms with Crippen LogP contribution in [0, 0.1) is 11.2 Å². The summed E-state index contributed by atoms with van der Waals surface area (Å²) in [5, 5.41) is 11.6. The average Bonchev–Trinajstić information content (AvgIpc) is 2.85. The van der Waals surface area contributed by atoms with Crippen LogP contribution in [-0.4, -0.2) is 30.3 Å². The van der Waals surface area contributed by atoms with E-state index in [1.54, 1.807) is 0 Å². The second kappa shape index (κ2) is 10.4. The highest BCUT2D eigenvalue weighted by molar-refractivity contribution is 5.90. The lowest BCUT2D eigenvalue weighted by Gasteiger charge is -2.35. The van der Waals surface area contributed by atoms with E-state index < -0.39 is 17.2 Å². The van der Waals surface area contributed by atoms with Gasteiger partial charge in [-0.15, -0.1) is 0 Å². The highest BCUT2D eigenvalue weighted by atomic mass is 19.1. The standard InChI is InChI=1S/C28H29FO6/c1-28(27(32)34-17-19-8-5-7-18-6-3-4-9-22(18)19)12-10-21(11-13-28)35-25-15-23(26(30)31)20(16-33-2)14-24(25)29/h3-9,14-15,21H,10-13,16-17H2,1-2H3,(H,30,31)/t21-,28+. The quantitative estimate of drug-likeness (QED) is 0.405. The number of halogens is 1. The number of esters is 1. The summed E-state index contributed by atoms with van der Waals surface area (Å²) in [7, 11) is 1.42. The van der Waals surface area contributed by atoms with Gasteiger partial charge < -0.3 is 19.3 Å². The fourth-order valence-electron chi connectivity index (χ4n) is 4.62. The van der Waals surface area contributed by atoms with Crippen molar-refractivity contribution in [1.82, 2.24) is 0 Å². The van der Waals surface area contributed by atoms with E-state index in [1.165, 1.54) is 13.2 Å². The number of ether oxygens (including phenoxy) is 3. The van der Waals surface area contributed by atoms with Crippen molar-refractivity contribution in [3.05, 3.63) is 77.1 Å². The molecule has 0 aliphatic heterocycles. The molecule has 3 aromatic rings. The lowest BCUT2D eigenvalue weighted by molar-refractivity contribution is -0.159. The topological polar surface area (TPSA) is 82.1 Å². The minimum Gasteiger partial charge on any atom is -0.487 e. The molecule has 1 aliphatic rings. The summed E-state index contributed by atoms with van der Waals surface area (Å²) in [5.74, 6) is -2.17. The van der Waals surface area contributed by atoms with E-state index in [0.717, 1.165) is 22.4 Å². The van der Waals surface area contributed by atoms with Gasteiger partial charge in [0.15, 0.2) is 11.6 Å². The molecule has 1 aliphatic carbocycles. The Morgan fingerprint density at radius 2 is 1.74 bits per heavy atom. The first-order chi connectivity index (χ1) is 16.8. The first-order valence-corrected chi connectivity index (χ1v) is 11.7. The molecule has 0 unspecified atom stereocenters. The van der Waals surface area contributed by atoms with Gasteiger partial charge in [0.05, 0.1) is 23.7 Å². The van der Waals surface area contributed by atoms with E-state index in [2.05, 4.69) is 0 Å². The number of hydrogen-bond acceptors (Lipinski definition) is 5. The Balaban J connectivity index is 1.37. The number of carbonyl (C=O) groups excluding carboxylic acids is 1. The van der Waals surface area contributed by atoms with Gasteiger partial charge in [0.25, 0.3) is 0 Å². The zero-order valence-corrected chi connectivity index (χ0v) is 19.9. The van der Waals surface area contributed by atoms with Crippen molar-refractivity contribution in [2.24, 2.45) is 5.41 Å². The summed E-state index contributed by atoms with van der Waals surface area (Å²) in [6, 6.07) is 16.3. The van der Waals surface area contributed by atoms with Crippen LogP contribution in [-0.2, 0) is 27.5 Å². The van der Waals surface area contributed by atoms with E-state index in [1.807, 2.05) is 49.4 Å². The molecule has 184 valence electrons. The van der Waals surface area contributed by atoms with Crippen LogP contribution in [0.3, 0.4) is 0 Å². The van der Waals surface area contributed by atoms with Gasteiger partial charge in [-0.3, -0.25) is 4.79 Å². The summed E-state index contributed by atoms with van der Waals surface area (Å²) in [5.41, 5.74) is 0.493. The maximum atomic E-state index is 14.6. The maximum Gasteiger partial charge on any atom is 0.336 e. The number of methoxy groups -OCH3 is 1. The Labute approximate surface area is 203 Å². The Kier molecular flexibility index (Phi) is 7.36. The molecule has 0 atom stereocenters. The summed E-state index contributed by atoms with van der Waals surface area (Å²) < 4.78 is 31.1. The van der Waals surface area contributed by atoms with Crippen molar-refractivity contribution < 1.29 is 33.3 Å². The first-order valence-electron chi connectivity index (χ1n) is 11.7. The van der Waals surface area contributed by atoms with Crippen molar-refractivity contribution >= 4 is 22.7 Å². The van der Waals surface area contributed by atoms with Gasteiger partial charge in [-0.25, -0.2) is 9.18 Å². The van der Waals surface area contributed by atoms with Crippen LogP contribution in [0.2, 0.25) is 0 Å². The van der Waals surface area contributed by atoms with Crippen molar-refractivity contribution in [2.75, 3.05) is 7.11 Å². The minimum atomic E-state index is -1.17. The minimum absolute atomic E-state index is 0.0124. The highest BCUT2D eigenvalue weighted by Crippen LogP contribution is 2.39. The van der Waals surface area contributed by atoms with Crippen LogP contribution in [0.25, 0.3) is 10.8 Å². The summed E-state index contributed by atoms with van der Waals surface area (Å²) in [6.07, 6.45) is 1.80. The predicted molar refractivity (Wildman–Crippen MR) is 129 cm³/mol. The molecule has 1 fully saturated rings. The molecule has 0 saturated heterocycles. The SMILES string of the molecule is COCc1cc(F)c(O[C@H]2CC[C@@](C)(C(=O)OCc3cccc4ccccc34)CC2)cc1C(=O)O. The molecule has 3 aromatic carbocycles. The number of rotatable bonds is 8. The number of aromatic carboxylic acids is 1. The zero-order chi connectivity index (χ0) is 25.0. The largest absolute Gasteiger partial charge is 0.487 e.